The summed E-state index contributed by atoms with van der Waals surface area (Å²) in [5.74, 6) is 0.320. The highest BCUT2D eigenvalue weighted by atomic mass is 35.5. The minimum Gasteiger partial charge on any atom is -0.495 e. The highest BCUT2D eigenvalue weighted by molar-refractivity contribution is 7.89. The van der Waals surface area contributed by atoms with E-state index in [1.54, 1.807) is 12.1 Å². The number of hydrogen-bond acceptors (Lipinski definition) is 4. The summed E-state index contributed by atoms with van der Waals surface area (Å²) in [6, 6.07) is 4.82. The molecule has 1 aromatic rings. The standard InChI is InChI=1S/C13H19ClN2O3S/c1-10-9-16(7-6-15(10)2)20(17,18)13-8-11(14)4-5-12(13)19-3/h4-5,8,10H,6-7,9H2,1-3H3. The molecule has 0 spiro atoms. The zero-order valence-electron chi connectivity index (χ0n) is 11.8. The van der Waals surface area contributed by atoms with Crippen LogP contribution in [0.25, 0.3) is 0 Å². The van der Waals surface area contributed by atoms with Gasteiger partial charge in [0.05, 0.1) is 7.11 Å². The summed E-state index contributed by atoms with van der Waals surface area (Å²) in [4.78, 5) is 2.27. The first-order chi connectivity index (χ1) is 9.36. The van der Waals surface area contributed by atoms with Gasteiger partial charge in [-0.25, -0.2) is 8.42 Å². The number of nitrogens with zero attached hydrogens (tertiary/aromatic N) is 2. The third-order valence-corrected chi connectivity index (χ3v) is 5.79. The van der Waals surface area contributed by atoms with Crippen molar-refractivity contribution in [2.75, 3.05) is 33.8 Å². The molecule has 7 heteroatoms. The largest absolute Gasteiger partial charge is 0.495 e. The van der Waals surface area contributed by atoms with Crippen LogP contribution in [0.15, 0.2) is 23.1 Å². The molecule has 1 aromatic carbocycles. The smallest absolute Gasteiger partial charge is 0.246 e. The van der Waals surface area contributed by atoms with Crippen LogP contribution in [0, 0.1) is 0 Å². The molecule has 0 aliphatic carbocycles. The molecule has 1 aliphatic heterocycles. The van der Waals surface area contributed by atoms with Crippen molar-refractivity contribution in [1.82, 2.24) is 9.21 Å². The summed E-state index contributed by atoms with van der Waals surface area (Å²) in [6.07, 6.45) is 0. The lowest BCUT2D eigenvalue weighted by Gasteiger charge is -2.36. The summed E-state index contributed by atoms with van der Waals surface area (Å²) in [5, 5.41) is 0.381. The van der Waals surface area contributed by atoms with E-state index in [0.29, 0.717) is 30.4 Å². The number of piperazine rings is 1. The van der Waals surface area contributed by atoms with E-state index in [-0.39, 0.29) is 10.9 Å². The van der Waals surface area contributed by atoms with Gasteiger partial charge < -0.3 is 9.64 Å². The van der Waals surface area contributed by atoms with Crippen molar-refractivity contribution in [1.29, 1.82) is 0 Å². The molecule has 2 rings (SSSR count). The molecule has 1 saturated heterocycles. The van der Waals surface area contributed by atoms with E-state index >= 15 is 0 Å². The normalized spacial score (nSPS) is 21.9. The lowest BCUT2D eigenvalue weighted by Crippen LogP contribution is -2.51. The first kappa shape index (κ1) is 15.6. The molecule has 1 fully saturated rings. The van der Waals surface area contributed by atoms with Crippen LogP contribution in [0.2, 0.25) is 5.02 Å². The van der Waals surface area contributed by atoms with Gasteiger partial charge in [-0.05, 0) is 32.2 Å². The molecule has 20 heavy (non-hydrogen) atoms. The van der Waals surface area contributed by atoms with Crippen LogP contribution in [0.4, 0.5) is 0 Å². The molecular formula is C13H19ClN2O3S. The molecule has 0 saturated carbocycles. The third-order valence-electron chi connectivity index (χ3n) is 3.67. The van der Waals surface area contributed by atoms with Gasteiger partial charge in [-0.1, -0.05) is 11.6 Å². The lowest BCUT2D eigenvalue weighted by molar-refractivity contribution is 0.159. The number of halogens is 1. The second-order valence-corrected chi connectivity index (χ2v) is 7.33. The van der Waals surface area contributed by atoms with Crippen molar-refractivity contribution >= 4 is 21.6 Å². The molecule has 0 amide bonds. The Morgan fingerprint density at radius 3 is 2.65 bits per heavy atom. The van der Waals surface area contributed by atoms with Crippen LogP contribution in [-0.4, -0.2) is 57.5 Å². The maximum Gasteiger partial charge on any atom is 0.246 e. The quantitative estimate of drug-likeness (QED) is 0.850. The van der Waals surface area contributed by atoms with E-state index in [1.807, 2.05) is 14.0 Å². The van der Waals surface area contributed by atoms with Gasteiger partial charge in [0.1, 0.15) is 10.6 Å². The van der Waals surface area contributed by atoms with Gasteiger partial charge in [0, 0.05) is 30.7 Å². The molecule has 5 nitrogen and oxygen atoms in total. The van der Waals surface area contributed by atoms with Crippen LogP contribution >= 0.6 is 11.6 Å². The van der Waals surface area contributed by atoms with E-state index in [1.165, 1.54) is 17.5 Å². The van der Waals surface area contributed by atoms with Crippen LogP contribution in [0.5, 0.6) is 5.75 Å². The predicted octanol–water partition coefficient (Wildman–Crippen LogP) is 1.67. The first-order valence-electron chi connectivity index (χ1n) is 6.40. The molecule has 0 bridgehead atoms. The molecule has 1 aliphatic rings. The Labute approximate surface area is 125 Å². The molecule has 0 aromatic heterocycles. The maximum atomic E-state index is 12.7. The zero-order chi connectivity index (χ0) is 14.9. The topological polar surface area (TPSA) is 49.9 Å². The highest BCUT2D eigenvalue weighted by Gasteiger charge is 2.32. The number of hydrogen-bond donors (Lipinski definition) is 0. The molecule has 1 unspecified atom stereocenters. The summed E-state index contributed by atoms with van der Waals surface area (Å²) in [6.45, 7) is 3.66. The Hall–Kier alpha value is -0.820. The van der Waals surface area contributed by atoms with E-state index in [4.69, 9.17) is 16.3 Å². The van der Waals surface area contributed by atoms with Crippen molar-refractivity contribution in [2.24, 2.45) is 0 Å². The molecular weight excluding hydrogens is 300 g/mol. The minimum absolute atomic E-state index is 0.129. The monoisotopic (exact) mass is 318 g/mol. The van der Waals surface area contributed by atoms with Crippen LogP contribution in [0.3, 0.4) is 0 Å². The van der Waals surface area contributed by atoms with E-state index in [2.05, 4.69) is 4.90 Å². The number of rotatable bonds is 3. The minimum atomic E-state index is -3.59. The average Bonchev–Trinajstić information content (AvgIpc) is 2.41. The summed E-state index contributed by atoms with van der Waals surface area (Å²) in [5.41, 5.74) is 0. The lowest BCUT2D eigenvalue weighted by atomic mass is 10.2. The van der Waals surface area contributed by atoms with Crippen molar-refractivity contribution in [2.45, 2.75) is 17.9 Å². The van der Waals surface area contributed by atoms with Gasteiger partial charge in [-0.2, -0.15) is 4.31 Å². The van der Waals surface area contributed by atoms with Crippen molar-refractivity contribution in [3.63, 3.8) is 0 Å². The molecule has 112 valence electrons. The number of likely N-dealkylation sites (N-methyl/N-ethyl adjacent to an activating group) is 1. The predicted molar refractivity (Wildman–Crippen MR) is 78.9 cm³/mol. The second kappa shape index (κ2) is 5.89. The van der Waals surface area contributed by atoms with Gasteiger partial charge in [0.2, 0.25) is 10.0 Å². The third kappa shape index (κ3) is 2.93. The SMILES string of the molecule is COc1ccc(Cl)cc1S(=O)(=O)N1CCN(C)C(C)C1. The van der Waals surface area contributed by atoms with Crippen LogP contribution in [0.1, 0.15) is 6.92 Å². The van der Waals surface area contributed by atoms with Crippen molar-refractivity contribution < 1.29 is 13.2 Å². The Morgan fingerprint density at radius 1 is 1.35 bits per heavy atom. The molecule has 0 N–H and O–H groups in total. The van der Waals surface area contributed by atoms with Gasteiger partial charge in [0.15, 0.2) is 0 Å². The summed E-state index contributed by atoms with van der Waals surface area (Å²) >= 11 is 5.92. The molecule has 1 atom stereocenters. The van der Waals surface area contributed by atoms with Gasteiger partial charge >= 0.3 is 0 Å². The summed E-state index contributed by atoms with van der Waals surface area (Å²) < 4.78 is 32.1. The maximum absolute atomic E-state index is 12.7. The fourth-order valence-corrected chi connectivity index (χ4v) is 4.16. The number of benzene rings is 1. The van der Waals surface area contributed by atoms with Gasteiger partial charge in [-0.3, -0.25) is 0 Å². The number of sulfonamides is 1. The van der Waals surface area contributed by atoms with Crippen LogP contribution < -0.4 is 4.74 Å². The van der Waals surface area contributed by atoms with E-state index in [9.17, 15) is 8.42 Å². The van der Waals surface area contributed by atoms with E-state index in [0.717, 1.165) is 0 Å². The first-order valence-corrected chi connectivity index (χ1v) is 8.22. The Morgan fingerprint density at radius 2 is 2.05 bits per heavy atom. The van der Waals surface area contributed by atoms with Crippen LogP contribution in [-0.2, 0) is 10.0 Å². The highest BCUT2D eigenvalue weighted by Crippen LogP contribution is 2.30. The number of methoxy groups -OCH3 is 1. The molecule has 0 radical (unpaired) electrons. The Kier molecular flexibility index (Phi) is 4.59. The Bertz CT molecular complexity index is 591. The van der Waals surface area contributed by atoms with Gasteiger partial charge in [-0.15, -0.1) is 0 Å². The van der Waals surface area contributed by atoms with Crippen molar-refractivity contribution in [3.8, 4) is 5.75 Å². The summed E-state index contributed by atoms with van der Waals surface area (Å²) in [7, 11) is -0.139. The zero-order valence-corrected chi connectivity index (χ0v) is 13.4. The fraction of sp³-hybridized carbons (Fsp3) is 0.538. The Balaban J connectivity index is 2.38. The second-order valence-electron chi connectivity index (χ2n) is 4.99. The van der Waals surface area contributed by atoms with E-state index < -0.39 is 10.0 Å². The molecule has 1 heterocycles. The number of ether oxygens (including phenoxy) is 1. The fourth-order valence-electron chi connectivity index (χ4n) is 2.22. The van der Waals surface area contributed by atoms with Crippen molar-refractivity contribution in [3.05, 3.63) is 23.2 Å². The average molecular weight is 319 g/mol. The van der Waals surface area contributed by atoms with Gasteiger partial charge in [0.25, 0.3) is 0 Å².